The van der Waals surface area contributed by atoms with Crippen molar-refractivity contribution in [3.05, 3.63) is 54.8 Å². The van der Waals surface area contributed by atoms with Crippen LogP contribution >= 0.6 is 31.9 Å². The Balaban J connectivity index is 2.43. The SMILES string of the molecule is CC(C)(C)c1[nH]n(Cc2ccccc2Br)c(=O)c1Br. The fourth-order valence-corrected chi connectivity index (χ4v) is 3.17. The Morgan fingerprint density at radius 1 is 1.21 bits per heavy atom. The van der Waals surface area contributed by atoms with Crippen molar-refractivity contribution in [3.8, 4) is 0 Å². The van der Waals surface area contributed by atoms with Gasteiger partial charge in [-0.05, 0) is 27.6 Å². The molecule has 0 unspecified atom stereocenters. The van der Waals surface area contributed by atoms with Crippen molar-refractivity contribution >= 4 is 31.9 Å². The third kappa shape index (κ3) is 3.03. The number of H-pyrrole nitrogens is 1. The van der Waals surface area contributed by atoms with Gasteiger partial charge in [0.15, 0.2) is 0 Å². The number of aromatic amines is 1. The van der Waals surface area contributed by atoms with Crippen molar-refractivity contribution in [2.75, 3.05) is 0 Å². The molecular weight excluding hydrogens is 372 g/mol. The first-order valence-corrected chi connectivity index (χ1v) is 7.61. The monoisotopic (exact) mass is 386 g/mol. The molecule has 0 amide bonds. The Morgan fingerprint density at radius 2 is 1.84 bits per heavy atom. The lowest BCUT2D eigenvalue weighted by molar-refractivity contribution is 0.541. The van der Waals surface area contributed by atoms with E-state index in [0.717, 1.165) is 15.7 Å². The molecule has 19 heavy (non-hydrogen) atoms. The standard InChI is InChI=1S/C14H16Br2N2O/c1-14(2,3)12-11(16)13(19)18(17-12)8-9-6-4-5-7-10(9)15/h4-7,17H,8H2,1-3H3. The molecule has 0 fully saturated rings. The molecule has 0 radical (unpaired) electrons. The fraction of sp³-hybridized carbons (Fsp3) is 0.357. The summed E-state index contributed by atoms with van der Waals surface area (Å²) in [6, 6.07) is 7.90. The van der Waals surface area contributed by atoms with Gasteiger partial charge in [0.25, 0.3) is 5.56 Å². The van der Waals surface area contributed by atoms with E-state index < -0.39 is 0 Å². The smallest absolute Gasteiger partial charge is 0.281 e. The Labute approximate surface area is 129 Å². The van der Waals surface area contributed by atoms with Crippen LogP contribution in [-0.2, 0) is 12.0 Å². The van der Waals surface area contributed by atoms with Crippen LogP contribution in [0.4, 0.5) is 0 Å². The van der Waals surface area contributed by atoms with Crippen LogP contribution in [0.1, 0.15) is 32.0 Å². The number of benzene rings is 1. The predicted octanol–water partition coefficient (Wildman–Crippen LogP) is 4.05. The minimum Gasteiger partial charge on any atom is -0.298 e. The van der Waals surface area contributed by atoms with Crippen LogP contribution in [0.3, 0.4) is 0 Å². The molecule has 2 aromatic rings. The number of rotatable bonds is 2. The van der Waals surface area contributed by atoms with Gasteiger partial charge in [-0.2, -0.15) is 0 Å². The van der Waals surface area contributed by atoms with E-state index in [1.165, 1.54) is 0 Å². The largest absolute Gasteiger partial charge is 0.298 e. The third-order valence-corrected chi connectivity index (χ3v) is 4.44. The van der Waals surface area contributed by atoms with Crippen molar-refractivity contribution in [3.63, 3.8) is 0 Å². The highest BCUT2D eigenvalue weighted by Gasteiger charge is 2.23. The molecule has 1 aromatic carbocycles. The summed E-state index contributed by atoms with van der Waals surface area (Å²) in [5.41, 5.74) is 1.86. The Kier molecular flexibility index (Phi) is 4.06. The molecule has 102 valence electrons. The van der Waals surface area contributed by atoms with Gasteiger partial charge in [-0.1, -0.05) is 54.9 Å². The van der Waals surface area contributed by atoms with Gasteiger partial charge in [0.2, 0.25) is 0 Å². The second-order valence-electron chi connectivity index (χ2n) is 5.53. The summed E-state index contributed by atoms with van der Waals surface area (Å²) < 4.78 is 3.25. The van der Waals surface area contributed by atoms with E-state index in [-0.39, 0.29) is 11.0 Å². The molecule has 2 rings (SSSR count). The summed E-state index contributed by atoms with van der Waals surface area (Å²) in [5, 5.41) is 3.20. The Bertz CT molecular complexity index is 650. The first kappa shape index (κ1) is 14.6. The second-order valence-corrected chi connectivity index (χ2v) is 7.18. The second kappa shape index (κ2) is 5.29. The van der Waals surface area contributed by atoms with Crippen LogP contribution in [0.5, 0.6) is 0 Å². The van der Waals surface area contributed by atoms with E-state index in [0.29, 0.717) is 11.0 Å². The fourth-order valence-electron chi connectivity index (χ4n) is 1.87. The highest BCUT2D eigenvalue weighted by Crippen LogP contribution is 2.26. The molecule has 1 N–H and O–H groups in total. The van der Waals surface area contributed by atoms with E-state index in [4.69, 9.17) is 0 Å². The summed E-state index contributed by atoms with van der Waals surface area (Å²) in [6.07, 6.45) is 0. The Hall–Kier alpha value is -0.810. The van der Waals surface area contributed by atoms with Gasteiger partial charge in [0, 0.05) is 9.89 Å². The number of hydrogen-bond donors (Lipinski definition) is 1. The number of nitrogens with one attached hydrogen (secondary N) is 1. The third-order valence-electron chi connectivity index (χ3n) is 2.94. The number of nitrogens with zero attached hydrogens (tertiary/aromatic N) is 1. The lowest BCUT2D eigenvalue weighted by Crippen LogP contribution is -2.17. The molecule has 0 spiro atoms. The topological polar surface area (TPSA) is 37.8 Å². The normalized spacial score (nSPS) is 11.8. The van der Waals surface area contributed by atoms with Crippen LogP contribution in [0, 0.1) is 0 Å². The van der Waals surface area contributed by atoms with Crippen molar-refractivity contribution in [2.24, 2.45) is 0 Å². The highest BCUT2D eigenvalue weighted by atomic mass is 79.9. The van der Waals surface area contributed by atoms with Gasteiger partial charge in [-0.15, -0.1) is 0 Å². The van der Waals surface area contributed by atoms with Crippen LogP contribution in [0.15, 0.2) is 38.0 Å². The van der Waals surface area contributed by atoms with Crippen LogP contribution < -0.4 is 5.56 Å². The lowest BCUT2D eigenvalue weighted by atomic mass is 9.93. The predicted molar refractivity (Wildman–Crippen MR) is 84.7 cm³/mol. The molecule has 0 aliphatic rings. The van der Waals surface area contributed by atoms with Crippen LogP contribution in [0.2, 0.25) is 0 Å². The average molecular weight is 388 g/mol. The quantitative estimate of drug-likeness (QED) is 0.829. The maximum atomic E-state index is 12.2. The minimum atomic E-state index is -0.100. The van der Waals surface area contributed by atoms with E-state index in [1.54, 1.807) is 4.68 Å². The maximum Gasteiger partial charge on any atom is 0.281 e. The van der Waals surface area contributed by atoms with Gasteiger partial charge >= 0.3 is 0 Å². The molecule has 0 saturated heterocycles. The van der Waals surface area contributed by atoms with Crippen molar-refractivity contribution in [1.82, 2.24) is 9.78 Å². The van der Waals surface area contributed by atoms with Crippen molar-refractivity contribution in [2.45, 2.75) is 32.7 Å². The van der Waals surface area contributed by atoms with E-state index in [2.05, 4.69) is 57.7 Å². The summed E-state index contributed by atoms with van der Waals surface area (Å²) in [6.45, 7) is 6.75. The first-order valence-electron chi connectivity index (χ1n) is 6.03. The van der Waals surface area contributed by atoms with Gasteiger partial charge in [0.05, 0.1) is 12.2 Å². The number of hydrogen-bond acceptors (Lipinski definition) is 1. The number of halogens is 2. The molecule has 1 heterocycles. The van der Waals surface area contributed by atoms with Gasteiger partial charge in [-0.25, -0.2) is 4.68 Å². The minimum absolute atomic E-state index is 0.0271. The zero-order valence-electron chi connectivity index (χ0n) is 11.1. The molecule has 0 aliphatic heterocycles. The van der Waals surface area contributed by atoms with E-state index in [9.17, 15) is 4.79 Å². The molecule has 0 aliphatic carbocycles. The summed E-state index contributed by atoms with van der Waals surface area (Å²) >= 11 is 6.89. The molecule has 0 bridgehead atoms. The lowest BCUT2D eigenvalue weighted by Gasteiger charge is -2.16. The first-order chi connectivity index (χ1) is 8.80. The summed E-state index contributed by atoms with van der Waals surface area (Å²) in [5.74, 6) is 0. The Morgan fingerprint density at radius 3 is 2.37 bits per heavy atom. The maximum absolute atomic E-state index is 12.2. The summed E-state index contributed by atoms with van der Waals surface area (Å²) in [4.78, 5) is 12.2. The molecule has 0 atom stereocenters. The average Bonchev–Trinajstić information content (AvgIpc) is 2.60. The zero-order valence-corrected chi connectivity index (χ0v) is 14.3. The van der Waals surface area contributed by atoms with E-state index in [1.807, 2.05) is 24.3 Å². The van der Waals surface area contributed by atoms with Gasteiger partial charge in [0.1, 0.15) is 4.47 Å². The van der Waals surface area contributed by atoms with Crippen molar-refractivity contribution < 1.29 is 0 Å². The molecular formula is C14H16Br2N2O. The highest BCUT2D eigenvalue weighted by molar-refractivity contribution is 9.10. The molecule has 0 saturated carbocycles. The van der Waals surface area contributed by atoms with Crippen molar-refractivity contribution in [1.29, 1.82) is 0 Å². The molecule has 5 heteroatoms. The zero-order chi connectivity index (χ0) is 14.2. The van der Waals surface area contributed by atoms with Gasteiger partial charge < -0.3 is 0 Å². The summed E-state index contributed by atoms with van der Waals surface area (Å²) in [7, 11) is 0. The van der Waals surface area contributed by atoms with Crippen LogP contribution in [-0.4, -0.2) is 9.78 Å². The van der Waals surface area contributed by atoms with Gasteiger partial charge in [-0.3, -0.25) is 9.89 Å². The van der Waals surface area contributed by atoms with E-state index >= 15 is 0 Å². The molecule has 3 nitrogen and oxygen atoms in total. The molecule has 1 aromatic heterocycles. The van der Waals surface area contributed by atoms with Crippen LogP contribution in [0.25, 0.3) is 0 Å². The number of aromatic nitrogens is 2.